The van der Waals surface area contributed by atoms with Gasteiger partial charge >= 0.3 is 0 Å². The van der Waals surface area contributed by atoms with Gasteiger partial charge in [0.25, 0.3) is 5.69 Å². The van der Waals surface area contributed by atoms with Crippen molar-refractivity contribution in [3.05, 3.63) is 63.2 Å². The average Bonchev–Trinajstić information content (AvgIpc) is 2.56. The lowest BCUT2D eigenvalue weighted by Gasteiger charge is -2.09. The zero-order valence-corrected chi connectivity index (χ0v) is 15.1. The van der Waals surface area contributed by atoms with Crippen LogP contribution in [0.5, 0.6) is 0 Å². The summed E-state index contributed by atoms with van der Waals surface area (Å²) in [5, 5.41) is 14.2. The lowest BCUT2D eigenvalue weighted by molar-refractivity contribution is -0.383. The molecule has 9 heteroatoms. The van der Waals surface area contributed by atoms with Crippen LogP contribution in [0.3, 0.4) is 0 Å². The molecule has 0 amide bonds. The van der Waals surface area contributed by atoms with E-state index < -0.39 is 14.9 Å². The molecule has 0 aliphatic heterocycles. The molecule has 0 heterocycles. The maximum absolute atomic E-state index is 12.1. The van der Waals surface area contributed by atoms with Crippen LogP contribution < -0.4 is 10.0 Å². The average molecular weight is 384 g/mol. The number of sulfonamides is 1. The molecule has 2 rings (SSSR count). The van der Waals surface area contributed by atoms with Crippen molar-refractivity contribution >= 4 is 33.0 Å². The predicted octanol–water partition coefficient (Wildman–Crippen LogP) is 3.34. The Morgan fingerprint density at radius 1 is 1.12 bits per heavy atom. The normalized spacial score (nSPS) is 11.3. The summed E-state index contributed by atoms with van der Waals surface area (Å²) >= 11 is 5.75. The minimum Gasteiger partial charge on any atom is -0.379 e. The van der Waals surface area contributed by atoms with E-state index in [1.54, 1.807) is 30.3 Å². The van der Waals surface area contributed by atoms with Crippen LogP contribution in [0.4, 0.5) is 11.4 Å². The molecule has 2 aromatic carbocycles. The monoisotopic (exact) mass is 383 g/mol. The summed E-state index contributed by atoms with van der Waals surface area (Å²) in [4.78, 5) is 10.7. The molecule has 0 saturated carbocycles. The maximum atomic E-state index is 12.1. The SMILES string of the molecule is Cc1ccc(S(=O)(=O)NCCCNc2ccc(Cl)cc2[N+](=O)[O-])cc1. The third-order valence-electron chi connectivity index (χ3n) is 3.45. The number of aryl methyl sites for hydroxylation is 1. The van der Waals surface area contributed by atoms with E-state index in [0.717, 1.165) is 5.56 Å². The first kappa shape index (κ1) is 19.2. The molecule has 0 spiro atoms. The molecule has 2 aromatic rings. The van der Waals surface area contributed by atoms with E-state index in [4.69, 9.17) is 11.6 Å². The van der Waals surface area contributed by atoms with E-state index in [0.29, 0.717) is 18.7 Å². The summed E-state index contributed by atoms with van der Waals surface area (Å²) < 4.78 is 26.7. The first-order valence-corrected chi connectivity index (χ1v) is 9.40. The van der Waals surface area contributed by atoms with Crippen molar-refractivity contribution in [3.63, 3.8) is 0 Å². The van der Waals surface area contributed by atoms with Crippen molar-refractivity contribution in [3.8, 4) is 0 Å². The minimum absolute atomic E-state index is 0.118. The fourth-order valence-corrected chi connectivity index (χ4v) is 3.36. The smallest absolute Gasteiger partial charge is 0.293 e. The lowest BCUT2D eigenvalue weighted by atomic mass is 10.2. The van der Waals surface area contributed by atoms with Gasteiger partial charge in [-0.15, -0.1) is 0 Å². The summed E-state index contributed by atoms with van der Waals surface area (Å²) in [5.74, 6) is 0. The standard InChI is InChI=1S/C16H18ClN3O4S/c1-12-3-6-14(7-4-12)25(23,24)19-10-2-9-18-15-8-5-13(17)11-16(15)20(21)22/h3-8,11,18-19H,2,9-10H2,1H3. The summed E-state index contributed by atoms with van der Waals surface area (Å²) in [5.41, 5.74) is 1.20. The molecule has 134 valence electrons. The highest BCUT2D eigenvalue weighted by molar-refractivity contribution is 7.89. The third kappa shape index (κ3) is 5.42. The fraction of sp³-hybridized carbons (Fsp3) is 0.250. The van der Waals surface area contributed by atoms with Gasteiger partial charge in [0.05, 0.1) is 9.82 Å². The number of nitrogens with zero attached hydrogens (tertiary/aromatic N) is 1. The third-order valence-corrected chi connectivity index (χ3v) is 5.16. The minimum atomic E-state index is -3.55. The highest BCUT2D eigenvalue weighted by atomic mass is 35.5. The molecular formula is C16H18ClN3O4S. The molecular weight excluding hydrogens is 366 g/mol. The Balaban J connectivity index is 1.86. The molecule has 0 aliphatic carbocycles. The second kappa shape index (κ2) is 8.28. The molecule has 25 heavy (non-hydrogen) atoms. The van der Waals surface area contributed by atoms with E-state index in [1.165, 1.54) is 12.1 Å². The number of nitrogens with one attached hydrogen (secondary N) is 2. The Hall–Kier alpha value is -2.16. The Bertz CT molecular complexity index is 854. The summed E-state index contributed by atoms with van der Waals surface area (Å²) in [7, 11) is -3.55. The molecule has 0 radical (unpaired) electrons. The quantitative estimate of drug-likeness (QED) is 0.413. The molecule has 0 fully saturated rings. The Morgan fingerprint density at radius 2 is 1.80 bits per heavy atom. The zero-order chi connectivity index (χ0) is 18.4. The number of hydrogen-bond donors (Lipinski definition) is 2. The van der Waals surface area contributed by atoms with Crippen molar-refractivity contribution < 1.29 is 13.3 Å². The number of anilines is 1. The van der Waals surface area contributed by atoms with Crippen molar-refractivity contribution in [2.75, 3.05) is 18.4 Å². The van der Waals surface area contributed by atoms with Gasteiger partial charge in [-0.05, 0) is 37.6 Å². The van der Waals surface area contributed by atoms with E-state index in [1.807, 2.05) is 6.92 Å². The number of nitro groups is 1. The summed E-state index contributed by atoms with van der Waals surface area (Å²) in [6, 6.07) is 10.9. The van der Waals surface area contributed by atoms with Crippen LogP contribution >= 0.6 is 11.6 Å². The number of rotatable bonds is 8. The predicted molar refractivity (Wildman–Crippen MR) is 97.6 cm³/mol. The van der Waals surface area contributed by atoms with Gasteiger partial charge in [-0.2, -0.15) is 0 Å². The highest BCUT2D eigenvalue weighted by Crippen LogP contribution is 2.27. The van der Waals surface area contributed by atoms with Gasteiger partial charge in [-0.25, -0.2) is 13.1 Å². The zero-order valence-electron chi connectivity index (χ0n) is 13.5. The van der Waals surface area contributed by atoms with Gasteiger partial charge in [0.15, 0.2) is 0 Å². The van der Waals surface area contributed by atoms with Gasteiger partial charge < -0.3 is 5.32 Å². The second-order valence-corrected chi connectivity index (χ2v) is 7.61. The molecule has 7 nitrogen and oxygen atoms in total. The van der Waals surface area contributed by atoms with E-state index in [9.17, 15) is 18.5 Å². The van der Waals surface area contributed by atoms with Crippen molar-refractivity contribution in [2.45, 2.75) is 18.2 Å². The molecule has 0 aromatic heterocycles. The van der Waals surface area contributed by atoms with Crippen LogP contribution in [-0.2, 0) is 10.0 Å². The van der Waals surface area contributed by atoms with E-state index in [2.05, 4.69) is 10.0 Å². The Labute approximate surface area is 151 Å². The highest BCUT2D eigenvalue weighted by Gasteiger charge is 2.15. The largest absolute Gasteiger partial charge is 0.379 e. The summed E-state index contributed by atoms with van der Waals surface area (Å²) in [6.45, 7) is 2.47. The van der Waals surface area contributed by atoms with Crippen LogP contribution in [-0.4, -0.2) is 26.4 Å². The van der Waals surface area contributed by atoms with Gasteiger partial charge in [0.2, 0.25) is 10.0 Å². The topological polar surface area (TPSA) is 101 Å². The van der Waals surface area contributed by atoms with Crippen LogP contribution in [0.25, 0.3) is 0 Å². The van der Waals surface area contributed by atoms with Gasteiger partial charge in [0, 0.05) is 24.2 Å². The first-order chi connectivity index (χ1) is 11.8. The van der Waals surface area contributed by atoms with E-state index >= 15 is 0 Å². The molecule has 0 atom stereocenters. The Morgan fingerprint density at radius 3 is 2.44 bits per heavy atom. The number of benzene rings is 2. The van der Waals surface area contributed by atoms with Crippen molar-refractivity contribution in [2.24, 2.45) is 0 Å². The second-order valence-electron chi connectivity index (χ2n) is 5.41. The van der Waals surface area contributed by atoms with Crippen LogP contribution in [0.15, 0.2) is 47.4 Å². The van der Waals surface area contributed by atoms with Crippen molar-refractivity contribution in [1.29, 1.82) is 0 Å². The Kier molecular flexibility index (Phi) is 6.35. The van der Waals surface area contributed by atoms with Crippen molar-refractivity contribution in [1.82, 2.24) is 4.72 Å². The number of halogens is 1. The van der Waals surface area contributed by atoms with Gasteiger partial charge in [0.1, 0.15) is 5.69 Å². The fourth-order valence-electron chi connectivity index (χ4n) is 2.12. The number of hydrogen-bond acceptors (Lipinski definition) is 5. The molecule has 0 aliphatic rings. The molecule has 0 saturated heterocycles. The van der Waals surface area contributed by atoms with Gasteiger partial charge in [-0.1, -0.05) is 29.3 Å². The molecule has 2 N–H and O–H groups in total. The van der Waals surface area contributed by atoms with E-state index in [-0.39, 0.29) is 22.2 Å². The van der Waals surface area contributed by atoms with Crippen LogP contribution in [0.2, 0.25) is 5.02 Å². The van der Waals surface area contributed by atoms with Crippen LogP contribution in [0, 0.1) is 17.0 Å². The van der Waals surface area contributed by atoms with Crippen LogP contribution in [0.1, 0.15) is 12.0 Å². The first-order valence-electron chi connectivity index (χ1n) is 7.54. The maximum Gasteiger partial charge on any atom is 0.293 e. The van der Waals surface area contributed by atoms with Gasteiger partial charge in [-0.3, -0.25) is 10.1 Å². The number of nitro benzene ring substituents is 1. The molecule has 0 unspecified atom stereocenters. The lowest BCUT2D eigenvalue weighted by Crippen LogP contribution is -2.26. The molecule has 0 bridgehead atoms. The summed E-state index contributed by atoms with van der Waals surface area (Å²) in [6.07, 6.45) is 0.463.